The van der Waals surface area contributed by atoms with Crippen LogP contribution in [0.25, 0.3) is 0 Å². The van der Waals surface area contributed by atoms with Crippen molar-refractivity contribution in [2.75, 3.05) is 6.61 Å². The van der Waals surface area contributed by atoms with Crippen molar-refractivity contribution in [2.24, 2.45) is 0 Å². The van der Waals surface area contributed by atoms with Crippen LogP contribution in [0.1, 0.15) is 31.7 Å². The van der Waals surface area contributed by atoms with Gasteiger partial charge in [-0.3, -0.25) is 19.7 Å². The number of nitrogens with one attached hydrogen (secondary N) is 2. The van der Waals surface area contributed by atoms with Crippen molar-refractivity contribution in [1.29, 1.82) is 0 Å². The predicted octanol–water partition coefficient (Wildman–Crippen LogP) is 0.872. The van der Waals surface area contributed by atoms with Crippen LogP contribution in [0.5, 0.6) is 0 Å². The summed E-state index contributed by atoms with van der Waals surface area (Å²) in [5, 5.41) is 14.8. The molecule has 25 heavy (non-hydrogen) atoms. The van der Waals surface area contributed by atoms with Crippen LogP contribution in [0.15, 0.2) is 30.3 Å². The van der Waals surface area contributed by atoms with Gasteiger partial charge < -0.3 is 15.2 Å². The maximum Gasteiger partial charge on any atom is 0.323 e. The SMILES string of the molecule is CCCOC(=O)[C@H](Cc1ccccc1)N[C@H]1CC(=O)N[C@@H]1CC(=O)O. The molecule has 0 radical (unpaired) electrons. The van der Waals surface area contributed by atoms with Crippen LogP contribution in [-0.4, -0.2) is 47.7 Å². The number of hydrogen-bond donors (Lipinski definition) is 3. The van der Waals surface area contributed by atoms with E-state index in [2.05, 4.69) is 10.6 Å². The Balaban J connectivity index is 2.09. The maximum absolute atomic E-state index is 12.4. The number of benzene rings is 1. The van der Waals surface area contributed by atoms with E-state index in [4.69, 9.17) is 9.84 Å². The van der Waals surface area contributed by atoms with Crippen molar-refractivity contribution in [3.63, 3.8) is 0 Å². The molecular formula is C18H24N2O5. The molecule has 0 bridgehead atoms. The van der Waals surface area contributed by atoms with Crippen molar-refractivity contribution in [3.05, 3.63) is 35.9 Å². The Morgan fingerprint density at radius 2 is 2.08 bits per heavy atom. The largest absolute Gasteiger partial charge is 0.481 e. The molecule has 2 rings (SSSR count). The minimum Gasteiger partial charge on any atom is -0.481 e. The summed E-state index contributed by atoms with van der Waals surface area (Å²) in [6, 6.07) is 7.89. The Kier molecular flexibility index (Phi) is 6.94. The number of carboxylic acid groups (broad SMARTS) is 1. The van der Waals surface area contributed by atoms with Gasteiger partial charge in [-0.1, -0.05) is 37.3 Å². The summed E-state index contributed by atoms with van der Waals surface area (Å²) in [7, 11) is 0. The third-order valence-corrected chi connectivity index (χ3v) is 4.06. The Morgan fingerprint density at radius 3 is 2.72 bits per heavy atom. The molecule has 1 saturated heterocycles. The molecule has 1 aromatic rings. The summed E-state index contributed by atoms with van der Waals surface area (Å²) in [4.78, 5) is 35.1. The zero-order chi connectivity index (χ0) is 18.2. The molecule has 1 heterocycles. The van der Waals surface area contributed by atoms with E-state index in [0.29, 0.717) is 13.0 Å². The van der Waals surface area contributed by atoms with E-state index >= 15 is 0 Å². The van der Waals surface area contributed by atoms with Gasteiger partial charge in [0.15, 0.2) is 0 Å². The van der Waals surface area contributed by atoms with Crippen LogP contribution >= 0.6 is 0 Å². The quantitative estimate of drug-likeness (QED) is 0.572. The molecule has 0 aromatic heterocycles. The van der Waals surface area contributed by atoms with Crippen LogP contribution in [0.2, 0.25) is 0 Å². The highest BCUT2D eigenvalue weighted by Gasteiger charge is 2.36. The summed E-state index contributed by atoms with van der Waals surface area (Å²) in [5.41, 5.74) is 0.959. The summed E-state index contributed by atoms with van der Waals surface area (Å²) in [6.07, 6.45) is 1.08. The summed E-state index contributed by atoms with van der Waals surface area (Å²) in [6.45, 7) is 2.24. The molecular weight excluding hydrogens is 324 g/mol. The van der Waals surface area contributed by atoms with Crippen molar-refractivity contribution in [3.8, 4) is 0 Å². The highest BCUT2D eigenvalue weighted by atomic mass is 16.5. The normalized spacial score (nSPS) is 20.8. The Hall–Kier alpha value is -2.41. The minimum atomic E-state index is -0.993. The van der Waals surface area contributed by atoms with Gasteiger partial charge in [0.25, 0.3) is 0 Å². The van der Waals surface area contributed by atoms with Crippen LogP contribution < -0.4 is 10.6 Å². The van der Waals surface area contributed by atoms with Gasteiger partial charge in [-0.05, 0) is 18.4 Å². The van der Waals surface area contributed by atoms with E-state index in [1.807, 2.05) is 37.3 Å². The molecule has 3 atom stereocenters. The summed E-state index contributed by atoms with van der Waals surface area (Å²) < 4.78 is 5.26. The van der Waals surface area contributed by atoms with Crippen molar-refractivity contribution in [1.82, 2.24) is 10.6 Å². The molecule has 3 N–H and O–H groups in total. The molecule has 0 spiro atoms. The van der Waals surface area contributed by atoms with Gasteiger partial charge in [0.1, 0.15) is 6.04 Å². The lowest BCUT2D eigenvalue weighted by atomic mass is 10.0. The fourth-order valence-corrected chi connectivity index (χ4v) is 2.89. The number of esters is 1. The first-order valence-electron chi connectivity index (χ1n) is 8.47. The maximum atomic E-state index is 12.4. The van der Waals surface area contributed by atoms with Gasteiger partial charge in [0.05, 0.1) is 19.1 Å². The summed E-state index contributed by atoms with van der Waals surface area (Å²) in [5.74, 6) is -1.60. The molecule has 7 heteroatoms. The summed E-state index contributed by atoms with van der Waals surface area (Å²) >= 11 is 0. The second-order valence-corrected chi connectivity index (χ2v) is 6.16. The number of aliphatic carboxylic acids is 1. The number of hydrogen-bond acceptors (Lipinski definition) is 5. The highest BCUT2D eigenvalue weighted by Crippen LogP contribution is 2.15. The topological polar surface area (TPSA) is 105 Å². The predicted molar refractivity (Wildman–Crippen MR) is 90.9 cm³/mol. The van der Waals surface area contributed by atoms with Crippen LogP contribution in [-0.2, 0) is 25.5 Å². The zero-order valence-electron chi connectivity index (χ0n) is 14.2. The lowest BCUT2D eigenvalue weighted by Crippen LogP contribution is -2.50. The Morgan fingerprint density at radius 1 is 1.36 bits per heavy atom. The second kappa shape index (κ2) is 9.17. The molecule has 0 saturated carbocycles. The molecule has 7 nitrogen and oxygen atoms in total. The lowest BCUT2D eigenvalue weighted by molar-refractivity contribution is -0.146. The first-order chi connectivity index (χ1) is 12.0. The number of ether oxygens (including phenoxy) is 1. The van der Waals surface area contributed by atoms with Crippen molar-refractivity contribution in [2.45, 2.75) is 50.7 Å². The Labute approximate surface area is 146 Å². The van der Waals surface area contributed by atoms with E-state index in [9.17, 15) is 14.4 Å². The van der Waals surface area contributed by atoms with E-state index in [1.165, 1.54) is 0 Å². The average Bonchev–Trinajstić information content (AvgIpc) is 2.91. The average molecular weight is 348 g/mol. The smallest absolute Gasteiger partial charge is 0.323 e. The molecule has 1 amide bonds. The zero-order valence-corrected chi connectivity index (χ0v) is 14.2. The highest BCUT2D eigenvalue weighted by molar-refractivity contribution is 5.82. The molecule has 0 aliphatic carbocycles. The Bertz CT molecular complexity index is 605. The lowest BCUT2D eigenvalue weighted by Gasteiger charge is -2.24. The number of carbonyl (C=O) groups excluding carboxylic acids is 2. The van der Waals surface area contributed by atoms with Gasteiger partial charge in [0.2, 0.25) is 5.91 Å². The standard InChI is InChI=1S/C18H24N2O5/c1-2-8-25-18(24)15(9-12-6-4-3-5-7-12)19-13-10-16(21)20-14(13)11-17(22)23/h3-7,13-15,19H,2,8-11H2,1H3,(H,20,21)(H,22,23)/t13-,14+,15-/m0/s1. The van der Waals surface area contributed by atoms with Gasteiger partial charge in [-0.25, -0.2) is 0 Å². The third kappa shape index (κ3) is 5.86. The number of rotatable bonds is 9. The number of carbonyl (C=O) groups is 3. The van der Waals surface area contributed by atoms with Crippen molar-refractivity contribution < 1.29 is 24.2 Å². The first-order valence-corrected chi connectivity index (χ1v) is 8.47. The van der Waals surface area contributed by atoms with Crippen LogP contribution in [0.4, 0.5) is 0 Å². The second-order valence-electron chi connectivity index (χ2n) is 6.16. The molecule has 0 unspecified atom stereocenters. The molecule has 1 fully saturated rings. The van der Waals surface area contributed by atoms with Crippen LogP contribution in [0.3, 0.4) is 0 Å². The van der Waals surface area contributed by atoms with E-state index in [1.54, 1.807) is 0 Å². The molecule has 1 aromatic carbocycles. The number of carboxylic acids is 1. The molecule has 1 aliphatic heterocycles. The fraction of sp³-hybridized carbons (Fsp3) is 0.500. The van der Waals surface area contributed by atoms with Crippen LogP contribution in [0, 0.1) is 0 Å². The van der Waals surface area contributed by atoms with Gasteiger partial charge in [-0.2, -0.15) is 0 Å². The van der Waals surface area contributed by atoms with E-state index in [-0.39, 0.29) is 24.7 Å². The van der Waals surface area contributed by atoms with E-state index < -0.39 is 24.1 Å². The van der Waals surface area contributed by atoms with E-state index in [0.717, 1.165) is 12.0 Å². The first kappa shape index (κ1) is 18.9. The fourth-order valence-electron chi connectivity index (χ4n) is 2.89. The molecule has 1 aliphatic rings. The number of amides is 1. The van der Waals surface area contributed by atoms with Gasteiger partial charge in [0, 0.05) is 12.5 Å². The minimum absolute atomic E-state index is 0.143. The van der Waals surface area contributed by atoms with Gasteiger partial charge in [-0.15, -0.1) is 0 Å². The van der Waals surface area contributed by atoms with Crippen molar-refractivity contribution >= 4 is 17.8 Å². The van der Waals surface area contributed by atoms with Gasteiger partial charge >= 0.3 is 11.9 Å². The monoisotopic (exact) mass is 348 g/mol. The third-order valence-electron chi connectivity index (χ3n) is 4.06. The molecule has 136 valence electrons.